The van der Waals surface area contributed by atoms with Gasteiger partial charge in [0.1, 0.15) is 0 Å². The lowest BCUT2D eigenvalue weighted by Gasteiger charge is -2.39. The summed E-state index contributed by atoms with van der Waals surface area (Å²) < 4.78 is 11.0. The second-order valence-electron chi connectivity index (χ2n) is 5.95. The van der Waals surface area contributed by atoms with Crippen molar-refractivity contribution in [1.29, 1.82) is 0 Å². The Balaban J connectivity index is 2.16. The van der Waals surface area contributed by atoms with Gasteiger partial charge in [-0.25, -0.2) is 0 Å². The van der Waals surface area contributed by atoms with E-state index in [0.29, 0.717) is 12.0 Å². The molecule has 0 aliphatic carbocycles. The van der Waals surface area contributed by atoms with Crippen LogP contribution in [0.2, 0.25) is 0 Å². The van der Waals surface area contributed by atoms with E-state index in [1.165, 1.54) is 16.7 Å². The summed E-state index contributed by atoms with van der Waals surface area (Å²) in [6.45, 7) is 3.22. The topological polar surface area (TPSA) is 21.7 Å². The maximum atomic E-state index is 5.51. The Hall–Kier alpha value is -2.00. The second-order valence-corrected chi connectivity index (χ2v) is 5.95. The number of hydrogen-bond acceptors (Lipinski definition) is 3. The highest BCUT2D eigenvalue weighted by atomic mass is 16.5. The number of fused-ring (bicyclic) bond motifs is 1. The van der Waals surface area contributed by atoms with Crippen LogP contribution >= 0.6 is 0 Å². The Morgan fingerprint density at radius 2 is 1.64 bits per heavy atom. The number of likely N-dealkylation sites (N-methyl/N-ethyl adjacent to an activating group) is 1. The molecule has 0 bridgehead atoms. The molecular weight excluding hydrogens is 274 g/mol. The molecule has 0 radical (unpaired) electrons. The highest BCUT2D eigenvalue weighted by Gasteiger charge is 2.32. The van der Waals surface area contributed by atoms with Crippen molar-refractivity contribution in [2.24, 2.45) is 0 Å². The molecule has 0 unspecified atom stereocenters. The Bertz CT molecular complexity index is 654. The molecule has 2 aromatic carbocycles. The minimum absolute atomic E-state index is 0.342. The zero-order valence-corrected chi connectivity index (χ0v) is 13.7. The van der Waals surface area contributed by atoms with Gasteiger partial charge in [-0.15, -0.1) is 0 Å². The maximum Gasteiger partial charge on any atom is 0.161 e. The van der Waals surface area contributed by atoms with Crippen molar-refractivity contribution in [2.75, 3.05) is 21.3 Å². The molecule has 3 nitrogen and oxygen atoms in total. The molecule has 0 spiro atoms. The van der Waals surface area contributed by atoms with Crippen LogP contribution in [0.5, 0.6) is 11.5 Å². The first-order valence-electron chi connectivity index (χ1n) is 7.65. The van der Waals surface area contributed by atoms with Gasteiger partial charge in [0, 0.05) is 18.5 Å². The van der Waals surface area contributed by atoms with Crippen molar-refractivity contribution in [1.82, 2.24) is 4.90 Å². The molecule has 1 aliphatic heterocycles. The smallest absolute Gasteiger partial charge is 0.161 e. The number of benzene rings is 2. The van der Waals surface area contributed by atoms with E-state index in [1.807, 2.05) is 0 Å². The first kappa shape index (κ1) is 14.9. The Kier molecular flexibility index (Phi) is 4.08. The average molecular weight is 297 g/mol. The lowest BCUT2D eigenvalue weighted by atomic mass is 9.79. The third kappa shape index (κ3) is 2.46. The van der Waals surface area contributed by atoms with Crippen molar-refractivity contribution in [2.45, 2.75) is 25.4 Å². The fraction of sp³-hybridized carbons (Fsp3) is 0.368. The van der Waals surface area contributed by atoms with Crippen molar-refractivity contribution >= 4 is 0 Å². The Labute approximate surface area is 132 Å². The van der Waals surface area contributed by atoms with E-state index in [0.717, 1.165) is 18.0 Å². The summed E-state index contributed by atoms with van der Waals surface area (Å²) >= 11 is 0. The molecule has 2 aromatic rings. The molecule has 2 atom stereocenters. The normalized spacial score (nSPS) is 21.3. The third-order valence-electron chi connectivity index (χ3n) is 4.74. The van der Waals surface area contributed by atoms with Crippen LogP contribution in [0.25, 0.3) is 0 Å². The summed E-state index contributed by atoms with van der Waals surface area (Å²) in [7, 11) is 5.56. The van der Waals surface area contributed by atoms with Crippen LogP contribution in [0, 0.1) is 0 Å². The lowest BCUT2D eigenvalue weighted by molar-refractivity contribution is 0.211. The van der Waals surface area contributed by atoms with Gasteiger partial charge in [0.25, 0.3) is 0 Å². The number of nitrogens with zero attached hydrogens (tertiary/aromatic N) is 1. The largest absolute Gasteiger partial charge is 0.493 e. The van der Waals surface area contributed by atoms with Gasteiger partial charge < -0.3 is 9.47 Å². The van der Waals surface area contributed by atoms with E-state index in [-0.39, 0.29) is 0 Å². The highest BCUT2D eigenvalue weighted by Crippen LogP contribution is 2.42. The predicted octanol–water partition coefficient (Wildman–Crippen LogP) is 3.67. The van der Waals surface area contributed by atoms with E-state index < -0.39 is 0 Å². The van der Waals surface area contributed by atoms with Crippen LogP contribution in [0.1, 0.15) is 29.5 Å². The summed E-state index contributed by atoms with van der Waals surface area (Å²) in [5, 5.41) is 0. The maximum absolute atomic E-state index is 5.51. The molecule has 0 amide bonds. The van der Waals surface area contributed by atoms with Crippen LogP contribution in [0.4, 0.5) is 0 Å². The van der Waals surface area contributed by atoms with E-state index in [9.17, 15) is 0 Å². The molecule has 0 fully saturated rings. The number of rotatable bonds is 3. The van der Waals surface area contributed by atoms with Gasteiger partial charge in [-0.1, -0.05) is 30.3 Å². The number of ether oxygens (including phenoxy) is 2. The van der Waals surface area contributed by atoms with Gasteiger partial charge in [-0.3, -0.25) is 4.90 Å². The summed E-state index contributed by atoms with van der Waals surface area (Å²) in [5.74, 6) is 1.95. The first-order valence-corrected chi connectivity index (χ1v) is 7.65. The molecule has 0 aromatic heterocycles. The van der Waals surface area contributed by atoms with Crippen molar-refractivity contribution < 1.29 is 9.47 Å². The minimum Gasteiger partial charge on any atom is -0.493 e. The van der Waals surface area contributed by atoms with Crippen molar-refractivity contribution in [3.05, 3.63) is 59.2 Å². The average Bonchev–Trinajstić information content (AvgIpc) is 2.55. The molecule has 0 saturated heterocycles. The summed E-state index contributed by atoms with van der Waals surface area (Å²) in [5.41, 5.74) is 4.00. The molecule has 1 aliphatic rings. The fourth-order valence-electron chi connectivity index (χ4n) is 3.41. The van der Waals surface area contributed by atoms with Crippen LogP contribution in [0.15, 0.2) is 42.5 Å². The summed E-state index contributed by atoms with van der Waals surface area (Å²) in [4.78, 5) is 2.39. The van der Waals surface area contributed by atoms with Gasteiger partial charge in [-0.2, -0.15) is 0 Å². The quantitative estimate of drug-likeness (QED) is 0.863. The third-order valence-corrected chi connectivity index (χ3v) is 4.74. The van der Waals surface area contributed by atoms with Crippen LogP contribution in [-0.2, 0) is 6.54 Å². The monoisotopic (exact) mass is 297 g/mol. The van der Waals surface area contributed by atoms with E-state index in [1.54, 1.807) is 14.2 Å². The van der Waals surface area contributed by atoms with Gasteiger partial charge in [-0.05, 0) is 42.8 Å². The van der Waals surface area contributed by atoms with Gasteiger partial charge >= 0.3 is 0 Å². The zero-order chi connectivity index (χ0) is 15.7. The van der Waals surface area contributed by atoms with Crippen LogP contribution < -0.4 is 9.47 Å². The fourth-order valence-corrected chi connectivity index (χ4v) is 3.41. The van der Waals surface area contributed by atoms with Crippen LogP contribution in [0.3, 0.4) is 0 Å². The Morgan fingerprint density at radius 3 is 2.27 bits per heavy atom. The molecular formula is C19H23NO2. The van der Waals surface area contributed by atoms with Crippen molar-refractivity contribution in [3.8, 4) is 11.5 Å². The van der Waals surface area contributed by atoms with Gasteiger partial charge in [0.05, 0.1) is 14.2 Å². The van der Waals surface area contributed by atoms with Crippen molar-refractivity contribution in [3.63, 3.8) is 0 Å². The first-order chi connectivity index (χ1) is 10.7. The number of hydrogen-bond donors (Lipinski definition) is 0. The van der Waals surface area contributed by atoms with E-state index in [4.69, 9.17) is 9.47 Å². The standard InChI is InChI=1S/C19H23NO2/c1-13-19(14-8-6-5-7-9-14)16-11-18(22-4)17(21-3)10-15(16)12-20(13)2/h5-11,13,19H,12H2,1-4H3/t13-,19-/m0/s1. The predicted molar refractivity (Wildman–Crippen MR) is 88.8 cm³/mol. The number of methoxy groups -OCH3 is 2. The molecule has 3 heteroatoms. The highest BCUT2D eigenvalue weighted by molar-refractivity contribution is 5.52. The molecule has 0 N–H and O–H groups in total. The molecule has 0 saturated carbocycles. The summed E-state index contributed by atoms with van der Waals surface area (Å²) in [6.07, 6.45) is 0. The van der Waals surface area contributed by atoms with Gasteiger partial charge in [0.15, 0.2) is 11.5 Å². The lowest BCUT2D eigenvalue weighted by Crippen LogP contribution is -2.39. The SMILES string of the molecule is COc1cc2c(cc1OC)[C@H](c1ccccc1)[C@H](C)N(C)C2. The van der Waals surface area contributed by atoms with Crippen LogP contribution in [-0.4, -0.2) is 32.2 Å². The second kappa shape index (κ2) is 6.01. The zero-order valence-electron chi connectivity index (χ0n) is 13.7. The molecule has 116 valence electrons. The molecule has 22 heavy (non-hydrogen) atoms. The molecule has 3 rings (SSSR count). The van der Waals surface area contributed by atoms with E-state index >= 15 is 0 Å². The van der Waals surface area contributed by atoms with E-state index in [2.05, 4.69) is 61.3 Å². The summed E-state index contributed by atoms with van der Waals surface area (Å²) in [6, 6.07) is 15.4. The molecule has 1 heterocycles. The minimum atomic E-state index is 0.342. The van der Waals surface area contributed by atoms with Gasteiger partial charge in [0.2, 0.25) is 0 Å². The Morgan fingerprint density at radius 1 is 1.00 bits per heavy atom.